The van der Waals surface area contributed by atoms with Crippen molar-refractivity contribution < 1.29 is 4.39 Å². The summed E-state index contributed by atoms with van der Waals surface area (Å²) in [5.41, 5.74) is 0.297. The summed E-state index contributed by atoms with van der Waals surface area (Å²) in [6, 6.07) is 11.3. The molecule has 0 fully saturated rings. The van der Waals surface area contributed by atoms with Gasteiger partial charge in [-0.2, -0.15) is 5.26 Å². The highest BCUT2D eigenvalue weighted by Crippen LogP contribution is 2.33. The Kier molecular flexibility index (Phi) is 4.13. The normalized spacial score (nSPS) is 10.1. The van der Waals surface area contributed by atoms with Crippen LogP contribution in [0.15, 0.2) is 46.2 Å². The molecule has 0 amide bonds. The molecule has 0 spiro atoms. The molecule has 0 N–H and O–H groups in total. The topological polar surface area (TPSA) is 23.8 Å². The molecule has 2 aromatic rings. The van der Waals surface area contributed by atoms with Crippen molar-refractivity contribution in [2.24, 2.45) is 0 Å². The molecule has 2 rings (SSSR count). The molecule has 0 aliphatic rings. The molecule has 0 saturated carbocycles. The standard InChI is InChI=1S/C13H6Cl2FNS/c14-10-3-2-9(6-11(10)15)18-13-4-1-8(7-17)5-12(13)16/h1-6H. The predicted molar refractivity (Wildman–Crippen MR) is 71.7 cm³/mol. The summed E-state index contributed by atoms with van der Waals surface area (Å²) in [5, 5.41) is 9.54. The zero-order valence-electron chi connectivity index (χ0n) is 8.95. The molecule has 5 heteroatoms. The van der Waals surface area contributed by atoms with Crippen LogP contribution in [-0.4, -0.2) is 0 Å². The number of halogens is 3. The monoisotopic (exact) mass is 297 g/mol. The van der Waals surface area contributed by atoms with Gasteiger partial charge in [-0.25, -0.2) is 4.39 Å². The van der Waals surface area contributed by atoms with E-state index in [4.69, 9.17) is 28.5 Å². The second-order valence-corrected chi connectivity index (χ2v) is 5.36. The largest absolute Gasteiger partial charge is 0.206 e. The zero-order chi connectivity index (χ0) is 13.1. The highest BCUT2D eigenvalue weighted by atomic mass is 35.5. The summed E-state index contributed by atoms with van der Waals surface area (Å²) < 4.78 is 13.7. The van der Waals surface area contributed by atoms with Crippen molar-refractivity contribution >= 4 is 35.0 Å². The SMILES string of the molecule is N#Cc1ccc(Sc2ccc(Cl)c(Cl)c2)c(F)c1. The minimum Gasteiger partial charge on any atom is -0.206 e. The van der Waals surface area contributed by atoms with Gasteiger partial charge >= 0.3 is 0 Å². The van der Waals surface area contributed by atoms with Gasteiger partial charge in [0.25, 0.3) is 0 Å². The van der Waals surface area contributed by atoms with Crippen LogP contribution in [0.1, 0.15) is 5.56 Å². The third kappa shape index (κ3) is 2.97. The van der Waals surface area contributed by atoms with E-state index < -0.39 is 5.82 Å². The summed E-state index contributed by atoms with van der Waals surface area (Å²) in [6.45, 7) is 0. The maximum absolute atomic E-state index is 13.7. The minimum atomic E-state index is -0.426. The van der Waals surface area contributed by atoms with Gasteiger partial charge in [-0.3, -0.25) is 0 Å². The Labute approximate surface area is 118 Å². The average molecular weight is 298 g/mol. The van der Waals surface area contributed by atoms with Crippen LogP contribution in [0, 0.1) is 17.1 Å². The van der Waals surface area contributed by atoms with E-state index in [1.165, 1.54) is 17.8 Å². The third-order valence-electron chi connectivity index (χ3n) is 2.18. The van der Waals surface area contributed by atoms with Gasteiger partial charge in [0.1, 0.15) is 5.82 Å². The quantitative estimate of drug-likeness (QED) is 0.765. The van der Waals surface area contributed by atoms with Gasteiger partial charge in [-0.05, 0) is 36.4 Å². The van der Waals surface area contributed by atoms with E-state index in [1.807, 2.05) is 6.07 Å². The van der Waals surface area contributed by atoms with Gasteiger partial charge in [0.2, 0.25) is 0 Å². The molecule has 90 valence electrons. The summed E-state index contributed by atoms with van der Waals surface area (Å²) in [6.07, 6.45) is 0. The molecule has 0 aromatic heterocycles. The molecule has 0 saturated heterocycles. The first-order chi connectivity index (χ1) is 8.60. The second-order valence-electron chi connectivity index (χ2n) is 3.43. The molecule has 0 unspecified atom stereocenters. The Morgan fingerprint density at radius 2 is 1.83 bits per heavy atom. The lowest BCUT2D eigenvalue weighted by atomic mass is 10.2. The average Bonchev–Trinajstić information content (AvgIpc) is 2.36. The van der Waals surface area contributed by atoms with E-state index in [0.29, 0.717) is 20.5 Å². The van der Waals surface area contributed by atoms with Crippen molar-refractivity contribution in [3.05, 3.63) is 57.8 Å². The highest BCUT2D eigenvalue weighted by molar-refractivity contribution is 7.99. The molecular formula is C13H6Cl2FNS. The first-order valence-corrected chi connectivity index (χ1v) is 6.50. The van der Waals surface area contributed by atoms with Crippen LogP contribution in [0.2, 0.25) is 10.0 Å². The van der Waals surface area contributed by atoms with Crippen molar-refractivity contribution in [1.29, 1.82) is 5.26 Å². The number of nitrogens with zero attached hydrogens (tertiary/aromatic N) is 1. The number of hydrogen-bond donors (Lipinski definition) is 0. The van der Waals surface area contributed by atoms with Crippen molar-refractivity contribution in [2.75, 3.05) is 0 Å². The van der Waals surface area contributed by atoms with Crippen LogP contribution in [-0.2, 0) is 0 Å². The molecule has 0 aliphatic carbocycles. The van der Waals surface area contributed by atoms with Crippen molar-refractivity contribution in [3.63, 3.8) is 0 Å². The first kappa shape index (κ1) is 13.2. The molecule has 1 nitrogen and oxygen atoms in total. The summed E-state index contributed by atoms with van der Waals surface area (Å²) in [4.78, 5) is 1.22. The van der Waals surface area contributed by atoms with Crippen LogP contribution in [0.5, 0.6) is 0 Å². The fourth-order valence-corrected chi connectivity index (χ4v) is 2.54. The molecule has 2 aromatic carbocycles. The van der Waals surface area contributed by atoms with Gasteiger partial charge in [-0.1, -0.05) is 35.0 Å². The molecule has 0 radical (unpaired) electrons. The number of hydrogen-bond acceptors (Lipinski definition) is 2. The van der Waals surface area contributed by atoms with E-state index in [1.54, 1.807) is 30.3 Å². The summed E-state index contributed by atoms with van der Waals surface area (Å²) >= 11 is 12.9. The van der Waals surface area contributed by atoms with E-state index >= 15 is 0 Å². The first-order valence-electron chi connectivity index (χ1n) is 4.92. The van der Waals surface area contributed by atoms with E-state index in [2.05, 4.69) is 0 Å². The maximum atomic E-state index is 13.7. The van der Waals surface area contributed by atoms with Crippen LogP contribution in [0.25, 0.3) is 0 Å². The highest BCUT2D eigenvalue weighted by Gasteiger charge is 2.07. The predicted octanol–water partition coefficient (Wildman–Crippen LogP) is 5.16. The van der Waals surface area contributed by atoms with E-state index in [-0.39, 0.29) is 0 Å². The minimum absolute atomic E-state index is 0.297. The smallest absolute Gasteiger partial charge is 0.138 e. The Hall–Kier alpha value is -1.21. The van der Waals surface area contributed by atoms with E-state index in [9.17, 15) is 4.39 Å². The van der Waals surface area contributed by atoms with Gasteiger partial charge < -0.3 is 0 Å². The zero-order valence-corrected chi connectivity index (χ0v) is 11.3. The van der Waals surface area contributed by atoms with Crippen LogP contribution >= 0.6 is 35.0 Å². The van der Waals surface area contributed by atoms with Crippen molar-refractivity contribution in [1.82, 2.24) is 0 Å². The number of benzene rings is 2. The van der Waals surface area contributed by atoms with Crippen LogP contribution in [0.3, 0.4) is 0 Å². The lowest BCUT2D eigenvalue weighted by Gasteiger charge is -2.04. The number of rotatable bonds is 2. The molecule has 0 aliphatic heterocycles. The lowest BCUT2D eigenvalue weighted by molar-refractivity contribution is 0.601. The Morgan fingerprint density at radius 1 is 1.06 bits per heavy atom. The molecular weight excluding hydrogens is 292 g/mol. The van der Waals surface area contributed by atoms with Gasteiger partial charge in [0.15, 0.2) is 0 Å². The lowest BCUT2D eigenvalue weighted by Crippen LogP contribution is -1.84. The number of nitriles is 1. The summed E-state index contributed by atoms with van der Waals surface area (Å²) in [5.74, 6) is -0.426. The maximum Gasteiger partial charge on any atom is 0.138 e. The molecule has 0 atom stereocenters. The molecule has 18 heavy (non-hydrogen) atoms. The van der Waals surface area contributed by atoms with Gasteiger partial charge in [-0.15, -0.1) is 0 Å². The Balaban J connectivity index is 2.29. The molecule has 0 heterocycles. The third-order valence-corrected chi connectivity index (χ3v) is 3.96. The van der Waals surface area contributed by atoms with Crippen LogP contribution in [0.4, 0.5) is 4.39 Å². The fourth-order valence-electron chi connectivity index (χ4n) is 1.32. The van der Waals surface area contributed by atoms with Gasteiger partial charge in [0, 0.05) is 9.79 Å². The van der Waals surface area contributed by atoms with Crippen LogP contribution < -0.4 is 0 Å². The summed E-state index contributed by atoms with van der Waals surface area (Å²) in [7, 11) is 0. The molecule has 0 bridgehead atoms. The van der Waals surface area contributed by atoms with Crippen molar-refractivity contribution in [2.45, 2.75) is 9.79 Å². The second kappa shape index (κ2) is 5.62. The van der Waals surface area contributed by atoms with Gasteiger partial charge in [0.05, 0.1) is 21.7 Å². The fraction of sp³-hybridized carbons (Fsp3) is 0. The van der Waals surface area contributed by atoms with E-state index in [0.717, 1.165) is 4.90 Å². The Morgan fingerprint density at radius 3 is 2.44 bits per heavy atom. The Bertz CT molecular complexity index is 637. The van der Waals surface area contributed by atoms with Crippen molar-refractivity contribution in [3.8, 4) is 6.07 Å².